The maximum absolute atomic E-state index is 6.00. The second-order valence-electron chi connectivity index (χ2n) is 5.25. The molecule has 0 fully saturated rings. The number of rotatable bonds is 7. The molecule has 0 spiro atoms. The molecule has 0 radical (unpaired) electrons. The van der Waals surface area contributed by atoms with E-state index in [-0.39, 0.29) is 5.60 Å². The van der Waals surface area contributed by atoms with Gasteiger partial charge in [-0.05, 0) is 45.4 Å². The Hall–Kier alpha value is -0.0800. The maximum Gasteiger partial charge on any atom is 0.0622 e. The average Bonchev–Trinajstić information content (AvgIpc) is 2.02. The number of methoxy groups -OCH3 is 1. The van der Waals surface area contributed by atoms with Gasteiger partial charge < -0.3 is 10.5 Å². The summed E-state index contributed by atoms with van der Waals surface area (Å²) in [7, 11) is 1.77. The second-order valence-corrected chi connectivity index (χ2v) is 5.25. The van der Waals surface area contributed by atoms with E-state index in [0.717, 1.165) is 25.7 Å². The molecule has 0 bridgehead atoms. The van der Waals surface area contributed by atoms with Crippen molar-refractivity contribution in [2.24, 2.45) is 11.7 Å². The summed E-state index contributed by atoms with van der Waals surface area (Å²) in [6.45, 7) is 8.69. The Morgan fingerprint density at radius 1 is 1.29 bits per heavy atom. The molecule has 1 unspecified atom stereocenters. The maximum atomic E-state index is 6.00. The lowest BCUT2D eigenvalue weighted by molar-refractivity contribution is 0.0131. The van der Waals surface area contributed by atoms with Crippen molar-refractivity contribution in [3.63, 3.8) is 0 Å². The van der Waals surface area contributed by atoms with Crippen LogP contribution in [0.15, 0.2) is 0 Å². The van der Waals surface area contributed by atoms with Crippen LogP contribution in [0.5, 0.6) is 0 Å². The predicted molar refractivity (Wildman–Crippen MR) is 62.4 cm³/mol. The highest BCUT2D eigenvalue weighted by molar-refractivity contribution is 4.70. The van der Waals surface area contributed by atoms with Crippen molar-refractivity contribution in [3.05, 3.63) is 0 Å². The fourth-order valence-corrected chi connectivity index (χ4v) is 1.62. The highest BCUT2D eigenvalue weighted by Gasteiger charge is 2.16. The largest absolute Gasteiger partial charge is 0.379 e. The first-order valence-corrected chi connectivity index (χ1v) is 5.68. The third kappa shape index (κ3) is 7.34. The molecule has 2 nitrogen and oxygen atoms in total. The van der Waals surface area contributed by atoms with Crippen LogP contribution in [-0.4, -0.2) is 18.8 Å². The number of nitrogens with two attached hydrogens (primary N) is 1. The van der Waals surface area contributed by atoms with Crippen LogP contribution >= 0.6 is 0 Å². The lowest BCUT2D eigenvalue weighted by Crippen LogP contribution is -2.25. The van der Waals surface area contributed by atoms with E-state index in [0.29, 0.717) is 12.0 Å². The summed E-state index contributed by atoms with van der Waals surface area (Å²) in [5, 5.41) is 0. The normalized spacial score (nSPS) is 14.8. The molecule has 14 heavy (non-hydrogen) atoms. The SMILES string of the molecule is COC(C)(C)CCCC(N)CC(C)C. The summed E-state index contributed by atoms with van der Waals surface area (Å²) in [4.78, 5) is 0. The molecule has 0 aromatic carbocycles. The van der Waals surface area contributed by atoms with Gasteiger partial charge in [0.05, 0.1) is 5.60 Å². The van der Waals surface area contributed by atoms with Crippen LogP contribution in [0, 0.1) is 5.92 Å². The smallest absolute Gasteiger partial charge is 0.0622 e. The summed E-state index contributed by atoms with van der Waals surface area (Å²) in [6.07, 6.45) is 4.50. The van der Waals surface area contributed by atoms with Crippen molar-refractivity contribution in [2.45, 2.75) is 65.0 Å². The van der Waals surface area contributed by atoms with Crippen LogP contribution < -0.4 is 5.73 Å². The summed E-state index contributed by atoms with van der Waals surface area (Å²) in [5.74, 6) is 0.709. The average molecular weight is 201 g/mol. The molecule has 0 saturated heterocycles. The van der Waals surface area contributed by atoms with Crippen molar-refractivity contribution in [1.82, 2.24) is 0 Å². The molecule has 2 N–H and O–H groups in total. The molecular weight excluding hydrogens is 174 g/mol. The van der Waals surface area contributed by atoms with Crippen LogP contribution in [0.25, 0.3) is 0 Å². The molecule has 0 aromatic heterocycles. The fourth-order valence-electron chi connectivity index (χ4n) is 1.62. The molecule has 0 heterocycles. The Morgan fingerprint density at radius 2 is 1.86 bits per heavy atom. The summed E-state index contributed by atoms with van der Waals surface area (Å²) in [6, 6.07) is 0.364. The van der Waals surface area contributed by atoms with Gasteiger partial charge in [0.25, 0.3) is 0 Å². The topological polar surface area (TPSA) is 35.2 Å². The molecule has 0 aliphatic rings. The minimum Gasteiger partial charge on any atom is -0.379 e. The Morgan fingerprint density at radius 3 is 2.29 bits per heavy atom. The second kappa shape index (κ2) is 6.41. The third-order valence-electron chi connectivity index (χ3n) is 2.68. The predicted octanol–water partition coefficient (Wildman–Crippen LogP) is 2.96. The van der Waals surface area contributed by atoms with Crippen LogP contribution in [0.2, 0.25) is 0 Å². The zero-order chi connectivity index (χ0) is 11.2. The summed E-state index contributed by atoms with van der Waals surface area (Å²) >= 11 is 0. The summed E-state index contributed by atoms with van der Waals surface area (Å²) < 4.78 is 5.36. The molecule has 1 atom stereocenters. The quantitative estimate of drug-likeness (QED) is 0.687. The Kier molecular flexibility index (Phi) is 6.38. The minimum atomic E-state index is 0.0115. The molecule has 0 amide bonds. The molecule has 2 heteroatoms. The van der Waals surface area contributed by atoms with Crippen molar-refractivity contribution in [2.75, 3.05) is 7.11 Å². The van der Waals surface area contributed by atoms with Gasteiger partial charge in [-0.25, -0.2) is 0 Å². The number of hydrogen-bond acceptors (Lipinski definition) is 2. The molecule has 0 saturated carbocycles. The summed E-state index contributed by atoms with van der Waals surface area (Å²) in [5.41, 5.74) is 6.02. The van der Waals surface area contributed by atoms with E-state index in [9.17, 15) is 0 Å². The lowest BCUT2D eigenvalue weighted by Gasteiger charge is -2.23. The van der Waals surface area contributed by atoms with Crippen molar-refractivity contribution in [3.8, 4) is 0 Å². The van der Waals surface area contributed by atoms with Gasteiger partial charge in [-0.15, -0.1) is 0 Å². The third-order valence-corrected chi connectivity index (χ3v) is 2.68. The van der Waals surface area contributed by atoms with Crippen LogP contribution in [0.1, 0.15) is 53.4 Å². The first kappa shape index (κ1) is 13.9. The first-order valence-electron chi connectivity index (χ1n) is 5.68. The molecule has 0 rings (SSSR count). The monoisotopic (exact) mass is 201 g/mol. The van der Waals surface area contributed by atoms with E-state index in [2.05, 4.69) is 27.7 Å². The Labute approximate surface area is 89.2 Å². The van der Waals surface area contributed by atoms with Gasteiger partial charge >= 0.3 is 0 Å². The molecular formula is C12H27NO. The first-order chi connectivity index (χ1) is 6.37. The van der Waals surface area contributed by atoms with Crippen LogP contribution in [0.3, 0.4) is 0 Å². The number of hydrogen-bond donors (Lipinski definition) is 1. The van der Waals surface area contributed by atoms with E-state index < -0.39 is 0 Å². The van der Waals surface area contributed by atoms with Gasteiger partial charge in [0.1, 0.15) is 0 Å². The zero-order valence-corrected chi connectivity index (χ0v) is 10.5. The Bertz CT molecular complexity index is 143. The van der Waals surface area contributed by atoms with E-state index in [1.807, 2.05) is 0 Å². The van der Waals surface area contributed by atoms with Gasteiger partial charge in [0, 0.05) is 13.2 Å². The van der Waals surface area contributed by atoms with Gasteiger partial charge in [0.15, 0.2) is 0 Å². The van der Waals surface area contributed by atoms with Gasteiger partial charge in [0.2, 0.25) is 0 Å². The molecule has 0 aliphatic carbocycles. The van der Waals surface area contributed by atoms with E-state index >= 15 is 0 Å². The Balaban J connectivity index is 3.53. The fraction of sp³-hybridized carbons (Fsp3) is 1.00. The van der Waals surface area contributed by atoms with Gasteiger partial charge in [-0.1, -0.05) is 13.8 Å². The van der Waals surface area contributed by atoms with Crippen molar-refractivity contribution < 1.29 is 4.74 Å². The van der Waals surface area contributed by atoms with E-state index in [1.54, 1.807) is 7.11 Å². The van der Waals surface area contributed by atoms with Crippen molar-refractivity contribution in [1.29, 1.82) is 0 Å². The van der Waals surface area contributed by atoms with E-state index in [4.69, 9.17) is 10.5 Å². The standard InChI is InChI=1S/C12H27NO/c1-10(2)9-11(13)7-6-8-12(3,4)14-5/h10-11H,6-9,13H2,1-5H3. The van der Waals surface area contributed by atoms with E-state index in [1.165, 1.54) is 0 Å². The number of ether oxygens (including phenoxy) is 1. The molecule has 86 valence electrons. The highest BCUT2D eigenvalue weighted by Crippen LogP contribution is 2.18. The van der Waals surface area contributed by atoms with Gasteiger partial charge in [-0.2, -0.15) is 0 Å². The van der Waals surface area contributed by atoms with Crippen LogP contribution in [-0.2, 0) is 4.74 Å². The minimum absolute atomic E-state index is 0.0115. The van der Waals surface area contributed by atoms with Crippen LogP contribution in [0.4, 0.5) is 0 Å². The molecule has 0 aliphatic heterocycles. The van der Waals surface area contributed by atoms with Gasteiger partial charge in [-0.3, -0.25) is 0 Å². The van der Waals surface area contributed by atoms with Crippen molar-refractivity contribution >= 4 is 0 Å². The highest BCUT2D eigenvalue weighted by atomic mass is 16.5. The zero-order valence-electron chi connectivity index (χ0n) is 10.5. The lowest BCUT2D eigenvalue weighted by atomic mass is 9.95. The molecule has 0 aromatic rings.